The molecule has 0 N–H and O–H groups in total. The maximum Gasteiger partial charge on any atom is 0.261 e. The largest absolute Gasteiger partial charge is 0.383 e. The number of methoxy groups -OCH3 is 1. The zero-order chi connectivity index (χ0) is 21.9. The number of rotatable bonds is 6. The number of ether oxygens (including phenoxy) is 2. The molecule has 0 spiro atoms. The third-order valence-corrected chi connectivity index (χ3v) is 6.60. The lowest BCUT2D eigenvalue weighted by Gasteiger charge is -2.38. The zero-order valence-corrected chi connectivity index (χ0v) is 18.6. The summed E-state index contributed by atoms with van der Waals surface area (Å²) >= 11 is 0. The first-order valence-electron chi connectivity index (χ1n) is 11.4. The van der Waals surface area contributed by atoms with Gasteiger partial charge in [0.1, 0.15) is 0 Å². The summed E-state index contributed by atoms with van der Waals surface area (Å²) in [6, 6.07) is 14.6. The maximum absolute atomic E-state index is 12.7. The molecule has 3 aromatic rings. The monoisotopic (exact) mass is 434 g/mol. The van der Waals surface area contributed by atoms with E-state index in [1.165, 1.54) is 11.1 Å². The average molecular weight is 435 g/mol. The second-order valence-corrected chi connectivity index (χ2v) is 8.53. The van der Waals surface area contributed by atoms with Crippen LogP contribution in [0.15, 0.2) is 53.6 Å². The fourth-order valence-electron chi connectivity index (χ4n) is 4.74. The van der Waals surface area contributed by atoms with Gasteiger partial charge in [-0.15, -0.1) is 0 Å². The van der Waals surface area contributed by atoms with Gasteiger partial charge in [-0.3, -0.25) is 14.3 Å². The number of anilines is 1. The number of piperazine rings is 1. The van der Waals surface area contributed by atoms with Crippen LogP contribution in [0.4, 0.5) is 5.69 Å². The Kier molecular flexibility index (Phi) is 6.21. The molecule has 7 nitrogen and oxygen atoms in total. The molecule has 7 heteroatoms. The van der Waals surface area contributed by atoms with Crippen molar-refractivity contribution in [1.29, 1.82) is 0 Å². The molecule has 0 saturated carbocycles. The van der Waals surface area contributed by atoms with Gasteiger partial charge in [-0.2, -0.15) is 0 Å². The maximum atomic E-state index is 12.7. The predicted octanol–water partition coefficient (Wildman–Crippen LogP) is 2.48. The molecule has 3 heterocycles. The smallest absolute Gasteiger partial charge is 0.261 e. The van der Waals surface area contributed by atoms with Gasteiger partial charge in [0, 0.05) is 45.5 Å². The lowest BCUT2D eigenvalue weighted by Crippen LogP contribution is -2.48. The van der Waals surface area contributed by atoms with E-state index < -0.39 is 0 Å². The highest BCUT2D eigenvalue weighted by Crippen LogP contribution is 2.28. The molecule has 1 saturated heterocycles. The summed E-state index contributed by atoms with van der Waals surface area (Å²) in [4.78, 5) is 22.1. The Morgan fingerprint density at radius 1 is 1.12 bits per heavy atom. The van der Waals surface area contributed by atoms with E-state index in [2.05, 4.69) is 39.0 Å². The van der Waals surface area contributed by atoms with E-state index in [1.54, 1.807) is 18.0 Å². The molecule has 0 amide bonds. The highest BCUT2D eigenvalue weighted by Gasteiger charge is 2.25. The highest BCUT2D eigenvalue weighted by atomic mass is 16.5. The van der Waals surface area contributed by atoms with Gasteiger partial charge in [0.25, 0.3) is 5.56 Å². The SMILES string of the molecule is COCCn1cnc2cc(N3CCN(CC4OCCc5ccccc54)CC3)ccc2c1=O. The Morgan fingerprint density at radius 3 is 2.81 bits per heavy atom. The minimum atomic E-state index is -0.0174. The van der Waals surface area contributed by atoms with Crippen molar-refractivity contribution in [3.8, 4) is 0 Å². The Bertz CT molecular complexity index is 1140. The average Bonchev–Trinajstić information content (AvgIpc) is 2.84. The van der Waals surface area contributed by atoms with Crippen LogP contribution >= 0.6 is 0 Å². The van der Waals surface area contributed by atoms with E-state index in [-0.39, 0.29) is 11.7 Å². The van der Waals surface area contributed by atoms with Gasteiger partial charge in [-0.05, 0) is 35.7 Å². The lowest BCUT2D eigenvalue weighted by atomic mass is 9.97. The Morgan fingerprint density at radius 2 is 1.97 bits per heavy atom. The number of aromatic nitrogens is 2. The summed E-state index contributed by atoms with van der Waals surface area (Å²) in [6.07, 6.45) is 2.79. The molecule has 5 rings (SSSR count). The molecule has 0 radical (unpaired) electrons. The van der Waals surface area contributed by atoms with Crippen LogP contribution in [-0.2, 0) is 22.4 Å². The molecule has 2 aliphatic heterocycles. The van der Waals surface area contributed by atoms with Crippen LogP contribution in [0, 0.1) is 0 Å². The van der Waals surface area contributed by atoms with E-state index >= 15 is 0 Å². The van der Waals surface area contributed by atoms with Crippen molar-refractivity contribution in [2.45, 2.75) is 19.1 Å². The molecule has 0 bridgehead atoms. The first-order chi connectivity index (χ1) is 15.7. The molecule has 1 aromatic heterocycles. The van der Waals surface area contributed by atoms with Crippen molar-refractivity contribution in [2.75, 3.05) is 57.9 Å². The number of benzene rings is 2. The van der Waals surface area contributed by atoms with E-state index in [1.807, 2.05) is 18.2 Å². The molecule has 2 aromatic carbocycles. The van der Waals surface area contributed by atoms with Gasteiger partial charge in [0.05, 0.1) is 43.1 Å². The predicted molar refractivity (Wildman–Crippen MR) is 125 cm³/mol. The summed E-state index contributed by atoms with van der Waals surface area (Å²) in [5.74, 6) is 0. The van der Waals surface area contributed by atoms with Crippen LogP contribution in [0.2, 0.25) is 0 Å². The lowest BCUT2D eigenvalue weighted by molar-refractivity contribution is 0.0148. The topological polar surface area (TPSA) is 59.8 Å². The van der Waals surface area contributed by atoms with Crippen molar-refractivity contribution in [3.05, 3.63) is 70.3 Å². The fourth-order valence-corrected chi connectivity index (χ4v) is 4.74. The normalized spacial score (nSPS) is 19.3. The quantitative estimate of drug-likeness (QED) is 0.594. The van der Waals surface area contributed by atoms with Crippen molar-refractivity contribution < 1.29 is 9.47 Å². The summed E-state index contributed by atoms with van der Waals surface area (Å²) in [6.45, 7) is 6.63. The third-order valence-electron chi connectivity index (χ3n) is 6.60. The van der Waals surface area contributed by atoms with Crippen LogP contribution in [-0.4, -0.2) is 67.5 Å². The first-order valence-corrected chi connectivity index (χ1v) is 11.4. The third kappa shape index (κ3) is 4.28. The number of hydrogen-bond acceptors (Lipinski definition) is 6. The highest BCUT2D eigenvalue weighted by molar-refractivity contribution is 5.81. The second-order valence-electron chi connectivity index (χ2n) is 8.53. The van der Waals surface area contributed by atoms with Gasteiger partial charge in [-0.1, -0.05) is 24.3 Å². The van der Waals surface area contributed by atoms with Gasteiger partial charge in [-0.25, -0.2) is 4.98 Å². The Hall–Kier alpha value is -2.74. The van der Waals surface area contributed by atoms with Crippen LogP contribution in [0.5, 0.6) is 0 Å². The van der Waals surface area contributed by atoms with E-state index in [4.69, 9.17) is 9.47 Å². The molecule has 168 valence electrons. The molecule has 1 fully saturated rings. The van der Waals surface area contributed by atoms with Crippen LogP contribution in [0.3, 0.4) is 0 Å². The number of fused-ring (bicyclic) bond motifs is 2. The number of nitrogens with zero attached hydrogens (tertiary/aromatic N) is 4. The van der Waals surface area contributed by atoms with Crippen LogP contribution in [0.1, 0.15) is 17.2 Å². The minimum Gasteiger partial charge on any atom is -0.383 e. The van der Waals surface area contributed by atoms with Crippen molar-refractivity contribution >= 4 is 16.6 Å². The van der Waals surface area contributed by atoms with Crippen molar-refractivity contribution in [1.82, 2.24) is 14.5 Å². The van der Waals surface area contributed by atoms with E-state index in [0.717, 1.165) is 57.0 Å². The van der Waals surface area contributed by atoms with Gasteiger partial charge in [0.2, 0.25) is 0 Å². The summed E-state index contributed by atoms with van der Waals surface area (Å²) in [5.41, 5.74) is 4.62. The molecule has 1 atom stereocenters. The van der Waals surface area contributed by atoms with Gasteiger partial charge < -0.3 is 14.4 Å². The molecule has 2 aliphatic rings. The second kappa shape index (κ2) is 9.40. The van der Waals surface area contributed by atoms with Crippen molar-refractivity contribution in [3.63, 3.8) is 0 Å². The molecule has 1 unspecified atom stereocenters. The standard InChI is InChI=1S/C25H30N4O3/c1-31-15-13-29-18-26-23-16-20(6-7-22(23)25(29)30)28-11-9-27(10-12-28)17-24-21-5-3-2-4-19(21)8-14-32-24/h2-7,16,18,24H,8-15,17H2,1H3. The fraction of sp³-hybridized carbons (Fsp3) is 0.440. The van der Waals surface area contributed by atoms with Crippen LogP contribution in [0.25, 0.3) is 10.9 Å². The molecule has 0 aliphatic carbocycles. The molecular weight excluding hydrogens is 404 g/mol. The Labute approximate surface area is 188 Å². The zero-order valence-electron chi connectivity index (χ0n) is 18.6. The van der Waals surface area contributed by atoms with Gasteiger partial charge in [0.15, 0.2) is 0 Å². The van der Waals surface area contributed by atoms with Crippen molar-refractivity contribution in [2.24, 2.45) is 0 Å². The summed E-state index contributed by atoms with van der Waals surface area (Å²) in [7, 11) is 1.63. The van der Waals surface area contributed by atoms with E-state index in [0.29, 0.717) is 18.5 Å². The Balaban J connectivity index is 1.24. The minimum absolute atomic E-state index is 0.0174. The summed E-state index contributed by atoms with van der Waals surface area (Å²) in [5, 5.41) is 0.652. The molecule has 32 heavy (non-hydrogen) atoms. The summed E-state index contributed by atoms with van der Waals surface area (Å²) < 4.78 is 12.8. The number of hydrogen-bond donors (Lipinski definition) is 0. The van der Waals surface area contributed by atoms with Gasteiger partial charge >= 0.3 is 0 Å². The van der Waals surface area contributed by atoms with E-state index in [9.17, 15) is 4.79 Å². The van der Waals surface area contributed by atoms with Crippen LogP contribution < -0.4 is 10.5 Å². The first kappa shape index (κ1) is 21.1. The molecular formula is C25H30N4O3.